The molecule has 0 saturated heterocycles. The summed E-state index contributed by atoms with van der Waals surface area (Å²) in [4.78, 5) is 12.5. The second-order valence-corrected chi connectivity index (χ2v) is 5.27. The van der Waals surface area contributed by atoms with Crippen molar-refractivity contribution in [3.63, 3.8) is 0 Å². The van der Waals surface area contributed by atoms with Crippen molar-refractivity contribution in [2.45, 2.75) is 17.9 Å². The Hall–Kier alpha value is -1.52. The van der Waals surface area contributed by atoms with Crippen molar-refractivity contribution in [2.24, 2.45) is 5.73 Å². The SMILES string of the molecule is CCOC(=O)C(N)CSc1ccc2ccccc2c1. The molecule has 0 fully saturated rings. The molecule has 1 atom stereocenters. The van der Waals surface area contributed by atoms with Gasteiger partial charge in [0.15, 0.2) is 0 Å². The number of thioether (sulfide) groups is 1. The van der Waals surface area contributed by atoms with E-state index < -0.39 is 6.04 Å². The quantitative estimate of drug-likeness (QED) is 0.673. The lowest BCUT2D eigenvalue weighted by atomic mass is 10.1. The molecule has 0 aromatic heterocycles. The molecule has 1 unspecified atom stereocenters. The minimum Gasteiger partial charge on any atom is -0.465 e. The molecule has 2 rings (SSSR count). The average Bonchev–Trinajstić information content (AvgIpc) is 2.44. The highest BCUT2D eigenvalue weighted by Gasteiger charge is 2.14. The molecular weight excluding hydrogens is 258 g/mol. The first-order chi connectivity index (χ1) is 9.20. The summed E-state index contributed by atoms with van der Waals surface area (Å²) in [5.74, 6) is 0.188. The fourth-order valence-electron chi connectivity index (χ4n) is 1.76. The van der Waals surface area contributed by atoms with Crippen LogP contribution in [0.5, 0.6) is 0 Å². The Labute approximate surface area is 117 Å². The largest absolute Gasteiger partial charge is 0.465 e. The van der Waals surface area contributed by atoms with E-state index in [2.05, 4.69) is 24.3 Å². The van der Waals surface area contributed by atoms with E-state index in [1.807, 2.05) is 18.2 Å². The van der Waals surface area contributed by atoms with Crippen molar-refractivity contribution < 1.29 is 9.53 Å². The third-order valence-corrected chi connectivity index (χ3v) is 3.85. The first-order valence-electron chi connectivity index (χ1n) is 6.24. The normalized spacial score (nSPS) is 12.3. The second-order valence-electron chi connectivity index (χ2n) is 4.18. The van der Waals surface area contributed by atoms with Gasteiger partial charge in [-0.25, -0.2) is 0 Å². The zero-order valence-corrected chi connectivity index (χ0v) is 11.7. The molecule has 0 aliphatic heterocycles. The Bertz CT molecular complexity index is 571. The van der Waals surface area contributed by atoms with Crippen LogP contribution in [0.15, 0.2) is 47.4 Å². The van der Waals surface area contributed by atoms with Crippen LogP contribution in [0.25, 0.3) is 10.8 Å². The number of benzene rings is 2. The monoisotopic (exact) mass is 275 g/mol. The van der Waals surface area contributed by atoms with Crippen LogP contribution in [0, 0.1) is 0 Å². The van der Waals surface area contributed by atoms with Crippen LogP contribution in [0.1, 0.15) is 6.92 Å². The number of carbonyl (C=O) groups excluding carboxylic acids is 1. The molecule has 2 aromatic rings. The van der Waals surface area contributed by atoms with Crippen molar-refractivity contribution in [3.05, 3.63) is 42.5 Å². The van der Waals surface area contributed by atoms with E-state index in [-0.39, 0.29) is 5.97 Å². The van der Waals surface area contributed by atoms with Crippen molar-refractivity contribution >= 4 is 28.5 Å². The molecule has 0 bridgehead atoms. The number of nitrogens with two attached hydrogens (primary N) is 1. The van der Waals surface area contributed by atoms with Gasteiger partial charge in [-0.15, -0.1) is 11.8 Å². The van der Waals surface area contributed by atoms with Crippen molar-refractivity contribution in [1.82, 2.24) is 0 Å². The summed E-state index contributed by atoms with van der Waals surface area (Å²) in [7, 11) is 0. The topological polar surface area (TPSA) is 52.3 Å². The number of fused-ring (bicyclic) bond motifs is 1. The zero-order valence-electron chi connectivity index (χ0n) is 10.8. The lowest BCUT2D eigenvalue weighted by Crippen LogP contribution is -2.34. The van der Waals surface area contributed by atoms with E-state index in [1.54, 1.807) is 18.7 Å². The Morgan fingerprint density at radius 2 is 2.00 bits per heavy atom. The molecule has 0 radical (unpaired) electrons. The predicted molar refractivity (Wildman–Crippen MR) is 79.3 cm³/mol. The van der Waals surface area contributed by atoms with Gasteiger partial charge in [0.1, 0.15) is 6.04 Å². The van der Waals surface area contributed by atoms with Gasteiger partial charge in [-0.1, -0.05) is 30.3 Å². The predicted octanol–water partition coefficient (Wildman–Crippen LogP) is 2.82. The third-order valence-electron chi connectivity index (χ3n) is 2.74. The molecule has 2 aromatic carbocycles. The second kappa shape index (κ2) is 6.59. The summed E-state index contributed by atoms with van der Waals surface area (Å²) in [5.41, 5.74) is 5.77. The Kier molecular flexibility index (Phi) is 4.82. The molecule has 0 amide bonds. The van der Waals surface area contributed by atoms with Crippen molar-refractivity contribution in [2.75, 3.05) is 12.4 Å². The summed E-state index contributed by atoms with van der Waals surface area (Å²) >= 11 is 1.57. The first-order valence-corrected chi connectivity index (χ1v) is 7.23. The van der Waals surface area contributed by atoms with Gasteiger partial charge in [0.2, 0.25) is 0 Å². The van der Waals surface area contributed by atoms with Crippen LogP contribution < -0.4 is 5.73 Å². The highest BCUT2D eigenvalue weighted by molar-refractivity contribution is 7.99. The van der Waals surface area contributed by atoms with Crippen LogP contribution in [-0.4, -0.2) is 24.4 Å². The summed E-state index contributed by atoms with van der Waals surface area (Å²) in [5, 5.41) is 2.40. The van der Waals surface area contributed by atoms with Gasteiger partial charge >= 0.3 is 5.97 Å². The van der Waals surface area contributed by atoms with Gasteiger partial charge in [-0.05, 0) is 29.8 Å². The van der Waals surface area contributed by atoms with Crippen LogP contribution in [0.4, 0.5) is 0 Å². The summed E-state index contributed by atoms with van der Waals surface area (Å²) in [6, 6.07) is 13.8. The number of esters is 1. The zero-order chi connectivity index (χ0) is 13.7. The Balaban J connectivity index is 1.99. The fourth-order valence-corrected chi connectivity index (χ4v) is 2.64. The minimum atomic E-state index is -0.573. The van der Waals surface area contributed by atoms with Crippen LogP contribution >= 0.6 is 11.8 Å². The lowest BCUT2D eigenvalue weighted by molar-refractivity contribution is -0.144. The molecule has 3 nitrogen and oxygen atoms in total. The molecule has 0 spiro atoms. The third kappa shape index (κ3) is 3.72. The maximum atomic E-state index is 11.4. The van der Waals surface area contributed by atoms with Gasteiger partial charge in [0.05, 0.1) is 6.61 Å². The van der Waals surface area contributed by atoms with Gasteiger partial charge in [0.25, 0.3) is 0 Å². The van der Waals surface area contributed by atoms with E-state index in [1.165, 1.54) is 10.8 Å². The molecular formula is C15H17NO2S. The standard InChI is InChI=1S/C15H17NO2S/c1-2-18-15(17)14(16)10-19-13-8-7-11-5-3-4-6-12(11)9-13/h3-9,14H,2,10,16H2,1H3. The van der Waals surface area contributed by atoms with Crippen molar-refractivity contribution in [3.8, 4) is 0 Å². The molecule has 100 valence electrons. The van der Waals surface area contributed by atoms with E-state index >= 15 is 0 Å². The molecule has 0 saturated carbocycles. The molecule has 0 heterocycles. The minimum absolute atomic E-state index is 0.337. The highest BCUT2D eigenvalue weighted by atomic mass is 32.2. The summed E-state index contributed by atoms with van der Waals surface area (Å²) < 4.78 is 4.89. The van der Waals surface area contributed by atoms with Gasteiger partial charge < -0.3 is 10.5 Å². The van der Waals surface area contributed by atoms with Gasteiger partial charge in [0, 0.05) is 10.6 Å². The fraction of sp³-hybridized carbons (Fsp3) is 0.267. The molecule has 4 heteroatoms. The first kappa shape index (κ1) is 13.9. The number of carbonyl (C=O) groups is 1. The molecule has 0 aliphatic carbocycles. The number of ether oxygens (including phenoxy) is 1. The average molecular weight is 275 g/mol. The van der Waals surface area contributed by atoms with Crippen LogP contribution in [-0.2, 0) is 9.53 Å². The summed E-state index contributed by atoms with van der Waals surface area (Å²) in [6.45, 7) is 2.15. The smallest absolute Gasteiger partial charge is 0.323 e. The lowest BCUT2D eigenvalue weighted by Gasteiger charge is -2.10. The van der Waals surface area contributed by atoms with Gasteiger partial charge in [-0.2, -0.15) is 0 Å². The molecule has 19 heavy (non-hydrogen) atoms. The van der Waals surface area contributed by atoms with Gasteiger partial charge in [-0.3, -0.25) is 4.79 Å². The number of hydrogen-bond donors (Lipinski definition) is 1. The summed E-state index contributed by atoms with van der Waals surface area (Å²) in [6.07, 6.45) is 0. The van der Waals surface area contributed by atoms with E-state index in [0.717, 1.165) is 4.90 Å². The number of rotatable bonds is 5. The molecule has 0 aliphatic rings. The maximum Gasteiger partial charge on any atom is 0.323 e. The van der Waals surface area contributed by atoms with Crippen LogP contribution in [0.3, 0.4) is 0 Å². The van der Waals surface area contributed by atoms with E-state index in [0.29, 0.717) is 12.4 Å². The van der Waals surface area contributed by atoms with Crippen LogP contribution in [0.2, 0.25) is 0 Å². The Morgan fingerprint density at radius 3 is 2.74 bits per heavy atom. The highest BCUT2D eigenvalue weighted by Crippen LogP contribution is 2.23. The van der Waals surface area contributed by atoms with E-state index in [4.69, 9.17) is 10.5 Å². The molecule has 2 N–H and O–H groups in total. The maximum absolute atomic E-state index is 11.4. The van der Waals surface area contributed by atoms with Crippen molar-refractivity contribution in [1.29, 1.82) is 0 Å². The Morgan fingerprint density at radius 1 is 1.26 bits per heavy atom. The van der Waals surface area contributed by atoms with E-state index in [9.17, 15) is 4.79 Å². The number of hydrogen-bond acceptors (Lipinski definition) is 4.